The van der Waals surface area contributed by atoms with Crippen LogP contribution in [0, 0.1) is 6.92 Å². The summed E-state index contributed by atoms with van der Waals surface area (Å²) in [5.41, 5.74) is 8.14. The number of esters is 1. The molecule has 0 spiro atoms. The second kappa shape index (κ2) is 5.69. The molecule has 0 unspecified atom stereocenters. The maximum absolute atomic E-state index is 11.9. The van der Waals surface area contributed by atoms with Crippen LogP contribution in [0.3, 0.4) is 0 Å². The molecule has 22 heavy (non-hydrogen) atoms. The van der Waals surface area contributed by atoms with Gasteiger partial charge in [-0.15, -0.1) is 11.3 Å². The number of nitrogen functional groups attached to an aromatic ring is 1. The lowest BCUT2D eigenvalue weighted by Gasteiger charge is -2.05. The van der Waals surface area contributed by atoms with Crippen LogP contribution in [0.1, 0.15) is 22.2 Å². The van der Waals surface area contributed by atoms with Gasteiger partial charge in [0.25, 0.3) is 0 Å². The van der Waals surface area contributed by atoms with Crippen LogP contribution in [0.15, 0.2) is 24.4 Å². The smallest absolute Gasteiger partial charge is 0.348 e. The number of rotatable bonds is 3. The van der Waals surface area contributed by atoms with Crippen molar-refractivity contribution in [3.63, 3.8) is 0 Å². The van der Waals surface area contributed by atoms with Crippen molar-refractivity contribution in [2.75, 3.05) is 12.3 Å². The minimum Gasteiger partial charge on any atom is -0.462 e. The molecule has 7 heteroatoms. The zero-order chi connectivity index (χ0) is 15.7. The predicted octanol–water partition coefficient (Wildman–Crippen LogP) is 2.82. The van der Waals surface area contributed by atoms with E-state index in [9.17, 15) is 4.79 Å². The number of fused-ring (bicyclic) bond motifs is 1. The van der Waals surface area contributed by atoms with Crippen molar-refractivity contribution in [2.45, 2.75) is 13.8 Å². The number of carbonyl (C=O) groups is 1. The van der Waals surface area contributed by atoms with Crippen LogP contribution in [-0.2, 0) is 4.74 Å². The fraction of sp³-hybridized carbons (Fsp3) is 0.200. The van der Waals surface area contributed by atoms with Crippen molar-refractivity contribution >= 4 is 33.5 Å². The highest BCUT2D eigenvalue weighted by Crippen LogP contribution is 2.33. The number of ether oxygens (including phenoxy) is 1. The second-order valence-electron chi connectivity index (χ2n) is 4.65. The van der Waals surface area contributed by atoms with Crippen LogP contribution in [0.2, 0.25) is 0 Å². The number of aryl methyl sites for hydroxylation is 1. The van der Waals surface area contributed by atoms with Crippen molar-refractivity contribution in [1.29, 1.82) is 0 Å². The van der Waals surface area contributed by atoms with Crippen LogP contribution in [0.4, 0.5) is 5.95 Å². The first-order chi connectivity index (χ1) is 10.6. The average Bonchev–Trinajstić information content (AvgIpc) is 2.91. The summed E-state index contributed by atoms with van der Waals surface area (Å²) < 4.78 is 5.03. The molecule has 0 bridgehead atoms. The fourth-order valence-corrected chi connectivity index (χ4v) is 3.09. The Labute approximate surface area is 131 Å². The Bertz CT molecular complexity index is 860. The molecule has 3 aromatic rings. The van der Waals surface area contributed by atoms with Gasteiger partial charge in [0.05, 0.1) is 12.3 Å². The highest BCUT2D eigenvalue weighted by Gasteiger charge is 2.18. The molecule has 0 aliphatic heterocycles. The Morgan fingerprint density at radius 2 is 2.18 bits per heavy atom. The number of hydrogen-bond acceptors (Lipinski definition) is 7. The summed E-state index contributed by atoms with van der Waals surface area (Å²) in [5, 5.41) is 0.754. The fourth-order valence-electron chi connectivity index (χ4n) is 2.15. The molecule has 3 heterocycles. The number of thiophene rings is 1. The lowest BCUT2D eigenvalue weighted by molar-refractivity contribution is 0.0532. The van der Waals surface area contributed by atoms with E-state index >= 15 is 0 Å². The SMILES string of the molecule is CCOC(=O)c1cc2c(-c3ncccc3C)nc(N)nc2s1. The Morgan fingerprint density at radius 1 is 1.36 bits per heavy atom. The van der Waals surface area contributed by atoms with Gasteiger partial charge < -0.3 is 10.5 Å². The summed E-state index contributed by atoms with van der Waals surface area (Å²) in [7, 11) is 0. The monoisotopic (exact) mass is 314 g/mol. The van der Waals surface area contributed by atoms with Crippen molar-refractivity contribution in [3.05, 3.63) is 34.8 Å². The molecule has 3 rings (SSSR count). The Morgan fingerprint density at radius 3 is 2.91 bits per heavy atom. The topological polar surface area (TPSA) is 91.0 Å². The number of pyridine rings is 1. The molecule has 2 N–H and O–H groups in total. The van der Waals surface area contributed by atoms with E-state index in [-0.39, 0.29) is 11.9 Å². The van der Waals surface area contributed by atoms with Crippen LogP contribution >= 0.6 is 11.3 Å². The summed E-state index contributed by atoms with van der Waals surface area (Å²) in [6, 6.07) is 5.55. The molecule has 0 amide bonds. The number of aromatic nitrogens is 3. The normalized spacial score (nSPS) is 10.8. The van der Waals surface area contributed by atoms with Gasteiger partial charge in [-0.3, -0.25) is 4.98 Å². The first-order valence-corrected chi connectivity index (χ1v) is 7.58. The van der Waals surface area contributed by atoms with E-state index in [4.69, 9.17) is 10.5 Å². The highest BCUT2D eigenvalue weighted by molar-refractivity contribution is 7.20. The van der Waals surface area contributed by atoms with Gasteiger partial charge >= 0.3 is 5.97 Å². The number of anilines is 1. The van der Waals surface area contributed by atoms with Crippen molar-refractivity contribution in [1.82, 2.24) is 15.0 Å². The minimum absolute atomic E-state index is 0.157. The van der Waals surface area contributed by atoms with Crippen LogP contribution in [0.5, 0.6) is 0 Å². The minimum atomic E-state index is -0.368. The van der Waals surface area contributed by atoms with Gasteiger partial charge in [0.15, 0.2) is 0 Å². The third-order valence-corrected chi connectivity index (χ3v) is 4.13. The summed E-state index contributed by atoms with van der Waals surface area (Å²) >= 11 is 1.24. The van der Waals surface area contributed by atoms with E-state index in [1.54, 1.807) is 19.2 Å². The maximum atomic E-state index is 11.9. The van der Waals surface area contributed by atoms with E-state index in [2.05, 4.69) is 15.0 Å². The van der Waals surface area contributed by atoms with E-state index in [1.165, 1.54) is 11.3 Å². The molecular formula is C15H14N4O2S. The molecule has 0 aliphatic rings. The van der Waals surface area contributed by atoms with Crippen molar-refractivity contribution in [3.8, 4) is 11.4 Å². The summed E-state index contributed by atoms with van der Waals surface area (Å²) in [5.74, 6) is -0.211. The van der Waals surface area contributed by atoms with Gasteiger partial charge in [-0.25, -0.2) is 14.8 Å². The quantitative estimate of drug-likeness (QED) is 0.747. The molecule has 6 nitrogen and oxygen atoms in total. The van der Waals surface area contributed by atoms with Gasteiger partial charge in [-0.2, -0.15) is 0 Å². The van der Waals surface area contributed by atoms with E-state index in [0.29, 0.717) is 22.0 Å². The molecule has 0 aliphatic carbocycles. The van der Waals surface area contributed by atoms with E-state index in [1.807, 2.05) is 19.1 Å². The molecule has 0 saturated carbocycles. The Kier molecular flexibility index (Phi) is 3.72. The van der Waals surface area contributed by atoms with Crippen molar-refractivity contribution in [2.24, 2.45) is 0 Å². The van der Waals surface area contributed by atoms with Crippen LogP contribution in [-0.4, -0.2) is 27.5 Å². The van der Waals surface area contributed by atoms with Gasteiger partial charge in [0.1, 0.15) is 15.4 Å². The zero-order valence-corrected chi connectivity index (χ0v) is 13.0. The van der Waals surface area contributed by atoms with E-state index in [0.717, 1.165) is 16.6 Å². The van der Waals surface area contributed by atoms with Crippen LogP contribution < -0.4 is 5.73 Å². The molecule has 0 atom stereocenters. The standard InChI is InChI=1S/C15H14N4O2S/c1-3-21-14(20)10-7-9-12(11-8(2)5-4-6-17-11)18-15(16)19-13(9)22-10/h4-7H,3H2,1-2H3,(H2,16,18,19). The third-order valence-electron chi connectivity index (χ3n) is 3.12. The van der Waals surface area contributed by atoms with Crippen molar-refractivity contribution < 1.29 is 9.53 Å². The Hall–Kier alpha value is -2.54. The molecule has 0 fully saturated rings. The number of hydrogen-bond donors (Lipinski definition) is 1. The first kappa shape index (κ1) is 14.4. The highest BCUT2D eigenvalue weighted by atomic mass is 32.1. The first-order valence-electron chi connectivity index (χ1n) is 6.76. The number of nitrogens with zero attached hydrogens (tertiary/aromatic N) is 3. The van der Waals surface area contributed by atoms with Crippen LogP contribution in [0.25, 0.3) is 21.6 Å². The Balaban J connectivity index is 2.22. The van der Waals surface area contributed by atoms with E-state index < -0.39 is 0 Å². The number of nitrogens with two attached hydrogens (primary N) is 1. The molecule has 0 radical (unpaired) electrons. The molecule has 0 aromatic carbocycles. The predicted molar refractivity (Wildman–Crippen MR) is 85.8 cm³/mol. The molecule has 0 saturated heterocycles. The van der Waals surface area contributed by atoms with Gasteiger partial charge in [0.2, 0.25) is 5.95 Å². The largest absolute Gasteiger partial charge is 0.462 e. The lowest BCUT2D eigenvalue weighted by atomic mass is 10.1. The zero-order valence-electron chi connectivity index (χ0n) is 12.2. The maximum Gasteiger partial charge on any atom is 0.348 e. The average molecular weight is 314 g/mol. The summed E-state index contributed by atoms with van der Waals surface area (Å²) in [6.07, 6.45) is 1.70. The number of carbonyl (C=O) groups excluding carboxylic acids is 1. The molecule has 3 aromatic heterocycles. The van der Waals surface area contributed by atoms with Gasteiger partial charge in [-0.05, 0) is 31.5 Å². The summed E-state index contributed by atoms with van der Waals surface area (Å²) in [4.78, 5) is 25.9. The van der Waals surface area contributed by atoms with Gasteiger partial charge in [0, 0.05) is 11.6 Å². The third kappa shape index (κ3) is 2.50. The second-order valence-corrected chi connectivity index (χ2v) is 5.68. The lowest BCUT2D eigenvalue weighted by Crippen LogP contribution is -2.01. The van der Waals surface area contributed by atoms with Gasteiger partial charge in [-0.1, -0.05) is 6.07 Å². The molecule has 112 valence electrons. The molecular weight excluding hydrogens is 300 g/mol. The summed E-state index contributed by atoms with van der Waals surface area (Å²) in [6.45, 7) is 4.05.